The molecular formula is C24H26ClN3O6. The predicted octanol–water partition coefficient (Wildman–Crippen LogP) is 1.88. The molecule has 3 rings (SSSR count). The number of hydrogen-bond acceptors (Lipinski definition) is 5. The van der Waals surface area contributed by atoms with Crippen LogP contribution in [-0.4, -0.2) is 65.5 Å². The first-order valence-corrected chi connectivity index (χ1v) is 11.1. The van der Waals surface area contributed by atoms with Crippen molar-refractivity contribution in [1.29, 1.82) is 0 Å². The molecule has 3 atom stereocenters. The Morgan fingerprint density at radius 1 is 1.15 bits per heavy atom. The Bertz CT molecular complexity index is 1080. The fourth-order valence-electron chi connectivity index (χ4n) is 3.52. The van der Waals surface area contributed by atoms with Crippen LogP contribution in [-0.2, 0) is 20.8 Å². The number of benzene rings is 2. The average Bonchev–Trinajstić information content (AvgIpc) is 2.81. The Hall–Kier alpha value is -3.59. The number of hydrogen-bond donors (Lipinski definition) is 3. The predicted molar refractivity (Wildman–Crippen MR) is 125 cm³/mol. The van der Waals surface area contributed by atoms with Gasteiger partial charge in [0.2, 0.25) is 11.8 Å². The summed E-state index contributed by atoms with van der Waals surface area (Å²) in [5.74, 6) is -2.98. The molecule has 9 nitrogen and oxygen atoms in total. The fourth-order valence-corrected chi connectivity index (χ4v) is 3.69. The van der Waals surface area contributed by atoms with Crippen LogP contribution < -0.4 is 15.4 Å². The maximum atomic E-state index is 13.3. The molecule has 3 amide bonds. The van der Waals surface area contributed by atoms with Crippen LogP contribution in [0, 0.1) is 0 Å². The number of nitrogens with one attached hydrogen (secondary N) is 2. The Morgan fingerprint density at radius 3 is 2.53 bits per heavy atom. The number of amides is 3. The van der Waals surface area contributed by atoms with E-state index in [0.717, 1.165) is 5.56 Å². The molecule has 0 saturated heterocycles. The van der Waals surface area contributed by atoms with Gasteiger partial charge in [-0.3, -0.25) is 14.4 Å². The lowest BCUT2D eigenvalue weighted by Crippen LogP contribution is -2.53. The summed E-state index contributed by atoms with van der Waals surface area (Å²) >= 11 is 6.02. The van der Waals surface area contributed by atoms with Crippen molar-refractivity contribution in [3.8, 4) is 5.75 Å². The van der Waals surface area contributed by atoms with Gasteiger partial charge in [-0.15, -0.1) is 0 Å². The SMILES string of the molecule is C[C@@H]1COc2ccc(Cl)cc2C(=O)N[C@H](C(=O)O)CC(=O)N[C@H](Cc2ccccc2)C(=O)N1C. The van der Waals surface area contributed by atoms with Crippen LogP contribution in [0.3, 0.4) is 0 Å². The van der Waals surface area contributed by atoms with E-state index in [4.69, 9.17) is 16.3 Å². The molecule has 10 heteroatoms. The minimum Gasteiger partial charge on any atom is -0.491 e. The Balaban J connectivity index is 1.95. The molecular weight excluding hydrogens is 462 g/mol. The van der Waals surface area contributed by atoms with E-state index in [0.29, 0.717) is 0 Å². The first kappa shape index (κ1) is 25.0. The van der Waals surface area contributed by atoms with Crippen LogP contribution in [0.2, 0.25) is 5.02 Å². The molecule has 1 aliphatic heterocycles. The van der Waals surface area contributed by atoms with Gasteiger partial charge in [0, 0.05) is 18.5 Å². The van der Waals surface area contributed by atoms with Gasteiger partial charge in [-0.05, 0) is 30.7 Å². The van der Waals surface area contributed by atoms with Crippen LogP contribution in [0.15, 0.2) is 48.5 Å². The van der Waals surface area contributed by atoms with Crippen molar-refractivity contribution < 1.29 is 29.0 Å². The summed E-state index contributed by atoms with van der Waals surface area (Å²) in [6.45, 7) is 1.83. The maximum absolute atomic E-state index is 13.3. The second kappa shape index (κ2) is 11.0. The van der Waals surface area contributed by atoms with Crippen molar-refractivity contribution in [1.82, 2.24) is 15.5 Å². The highest BCUT2D eigenvalue weighted by Crippen LogP contribution is 2.24. The third-order valence-corrected chi connectivity index (χ3v) is 5.82. The topological polar surface area (TPSA) is 125 Å². The van der Waals surface area contributed by atoms with E-state index >= 15 is 0 Å². The van der Waals surface area contributed by atoms with Gasteiger partial charge in [0.1, 0.15) is 24.4 Å². The monoisotopic (exact) mass is 487 g/mol. The standard InChI is InChI=1S/C24H26ClN3O6/c1-14-13-34-20-9-8-16(25)11-17(20)22(30)27-19(24(32)33)12-21(29)26-18(23(31)28(14)2)10-15-6-4-3-5-7-15/h3-9,11,14,18-19H,10,12-13H2,1-2H3,(H,26,29)(H,27,30)(H,32,33)/t14-,18-,19+/m1/s1. The Morgan fingerprint density at radius 2 is 1.85 bits per heavy atom. The van der Waals surface area contributed by atoms with Crippen LogP contribution in [0.4, 0.5) is 0 Å². The Labute approximate surface area is 202 Å². The summed E-state index contributed by atoms with van der Waals surface area (Å²) in [5, 5.41) is 14.8. The molecule has 34 heavy (non-hydrogen) atoms. The third-order valence-electron chi connectivity index (χ3n) is 5.58. The van der Waals surface area contributed by atoms with Crippen molar-refractivity contribution in [3.05, 3.63) is 64.7 Å². The number of fused-ring (bicyclic) bond motifs is 1. The molecule has 0 radical (unpaired) electrons. The highest BCUT2D eigenvalue weighted by molar-refractivity contribution is 6.31. The molecule has 2 aromatic rings. The van der Waals surface area contributed by atoms with Gasteiger partial charge in [-0.1, -0.05) is 41.9 Å². The molecule has 3 N–H and O–H groups in total. The van der Waals surface area contributed by atoms with Crippen molar-refractivity contribution in [3.63, 3.8) is 0 Å². The summed E-state index contributed by atoms with van der Waals surface area (Å²) < 4.78 is 5.81. The quantitative estimate of drug-likeness (QED) is 0.607. The molecule has 0 unspecified atom stereocenters. The number of carboxylic acid groups (broad SMARTS) is 1. The van der Waals surface area contributed by atoms with Gasteiger partial charge < -0.3 is 25.4 Å². The van der Waals surface area contributed by atoms with E-state index < -0.39 is 42.3 Å². The number of carbonyl (C=O) groups is 4. The van der Waals surface area contributed by atoms with Gasteiger partial charge in [0.05, 0.1) is 18.0 Å². The van der Waals surface area contributed by atoms with E-state index in [1.807, 2.05) is 30.3 Å². The summed E-state index contributed by atoms with van der Waals surface area (Å²) in [7, 11) is 1.60. The van der Waals surface area contributed by atoms with E-state index in [9.17, 15) is 24.3 Å². The first-order valence-electron chi connectivity index (χ1n) is 10.7. The molecule has 0 aromatic heterocycles. The van der Waals surface area contributed by atoms with Gasteiger partial charge >= 0.3 is 5.97 Å². The highest BCUT2D eigenvalue weighted by Gasteiger charge is 2.31. The zero-order chi connectivity index (χ0) is 24.8. The average molecular weight is 488 g/mol. The lowest BCUT2D eigenvalue weighted by atomic mass is 10.0. The van der Waals surface area contributed by atoms with Crippen molar-refractivity contribution in [2.24, 2.45) is 0 Å². The van der Waals surface area contributed by atoms with E-state index in [1.54, 1.807) is 14.0 Å². The molecule has 1 aliphatic rings. The van der Waals surface area contributed by atoms with Gasteiger partial charge in [0.15, 0.2) is 0 Å². The van der Waals surface area contributed by atoms with Crippen LogP contribution in [0.1, 0.15) is 29.3 Å². The van der Waals surface area contributed by atoms with Gasteiger partial charge in [-0.25, -0.2) is 4.79 Å². The lowest BCUT2D eigenvalue weighted by Gasteiger charge is -2.30. The number of rotatable bonds is 3. The van der Waals surface area contributed by atoms with E-state index in [1.165, 1.54) is 23.1 Å². The zero-order valence-electron chi connectivity index (χ0n) is 18.8. The third kappa shape index (κ3) is 6.26. The normalized spacial score (nSPS) is 22.0. The largest absolute Gasteiger partial charge is 0.491 e. The number of carboxylic acids is 1. The summed E-state index contributed by atoms with van der Waals surface area (Å²) in [5.41, 5.74) is 0.854. The van der Waals surface area contributed by atoms with Gasteiger partial charge in [0.25, 0.3) is 5.91 Å². The molecule has 0 fully saturated rings. The van der Waals surface area contributed by atoms with E-state index in [-0.39, 0.29) is 35.3 Å². The highest BCUT2D eigenvalue weighted by atomic mass is 35.5. The van der Waals surface area contributed by atoms with Crippen molar-refractivity contribution >= 4 is 35.3 Å². The first-order chi connectivity index (χ1) is 16.2. The number of nitrogens with zero attached hydrogens (tertiary/aromatic N) is 1. The number of aliphatic carboxylic acids is 1. The van der Waals surface area contributed by atoms with Gasteiger partial charge in [-0.2, -0.15) is 0 Å². The minimum absolute atomic E-state index is 0.0272. The number of halogens is 1. The molecule has 180 valence electrons. The second-order valence-electron chi connectivity index (χ2n) is 8.13. The molecule has 1 heterocycles. The smallest absolute Gasteiger partial charge is 0.326 e. The Kier molecular flexibility index (Phi) is 8.12. The zero-order valence-corrected chi connectivity index (χ0v) is 19.5. The minimum atomic E-state index is -1.52. The summed E-state index contributed by atoms with van der Waals surface area (Å²) in [4.78, 5) is 52.1. The molecule has 2 aromatic carbocycles. The maximum Gasteiger partial charge on any atom is 0.326 e. The molecule has 0 saturated carbocycles. The fraction of sp³-hybridized carbons (Fsp3) is 0.333. The number of carbonyl (C=O) groups excluding carboxylic acids is 3. The van der Waals surface area contributed by atoms with Crippen LogP contribution in [0.25, 0.3) is 0 Å². The molecule has 0 bridgehead atoms. The van der Waals surface area contributed by atoms with Crippen molar-refractivity contribution in [2.45, 2.75) is 37.9 Å². The lowest BCUT2D eigenvalue weighted by molar-refractivity contribution is -0.142. The summed E-state index contributed by atoms with van der Waals surface area (Å²) in [6, 6.07) is 10.7. The van der Waals surface area contributed by atoms with E-state index in [2.05, 4.69) is 10.6 Å². The second-order valence-corrected chi connectivity index (χ2v) is 8.56. The molecule has 0 aliphatic carbocycles. The van der Waals surface area contributed by atoms with Crippen LogP contribution in [0.5, 0.6) is 5.75 Å². The van der Waals surface area contributed by atoms with Crippen molar-refractivity contribution in [2.75, 3.05) is 13.7 Å². The van der Waals surface area contributed by atoms with Crippen LogP contribution >= 0.6 is 11.6 Å². The molecule has 0 spiro atoms. The number of ether oxygens (including phenoxy) is 1. The number of likely N-dealkylation sites (N-methyl/N-ethyl adjacent to an activating group) is 1. The summed E-state index contributed by atoms with van der Waals surface area (Å²) in [6.07, 6.45) is -0.343.